The Morgan fingerprint density at radius 2 is 1.85 bits per heavy atom. The molecule has 0 aliphatic rings. The Morgan fingerprint density at radius 3 is 2.15 bits per heavy atom. The van der Waals surface area contributed by atoms with Crippen molar-refractivity contribution < 1.29 is 22.5 Å². The van der Waals surface area contributed by atoms with Crippen molar-refractivity contribution in [3.05, 3.63) is 0 Å². The maximum atomic E-state index is 12.6. The first-order valence-corrected chi connectivity index (χ1v) is 5.85. The molecule has 0 aliphatic carbocycles. The molecule has 0 N–H and O–H groups in total. The number of hydrogen-bond acceptors (Lipinski definition) is 4. The minimum absolute atomic E-state index is 0.117. The first kappa shape index (κ1) is 13.3. The van der Waals surface area contributed by atoms with E-state index in [0.29, 0.717) is 0 Å². The molecule has 0 spiro atoms. The third kappa shape index (κ3) is 5.60. The molecule has 0 saturated heterocycles. The van der Waals surface area contributed by atoms with Crippen molar-refractivity contribution in [2.75, 3.05) is 19.1 Å². The molecule has 80 valence electrons. The van der Waals surface area contributed by atoms with Crippen molar-refractivity contribution in [3.8, 4) is 0 Å². The van der Waals surface area contributed by atoms with Crippen LogP contribution in [0.5, 0.6) is 0 Å². The summed E-state index contributed by atoms with van der Waals surface area (Å²) in [7, 11) is -3.75. The highest BCUT2D eigenvalue weighted by atomic mass is 35.5. The minimum Gasteiger partial charge on any atom is -0.287 e. The van der Waals surface area contributed by atoms with Crippen LogP contribution < -0.4 is 0 Å². The maximum absolute atomic E-state index is 12.6. The summed E-state index contributed by atoms with van der Waals surface area (Å²) in [6, 6.07) is 0. The van der Waals surface area contributed by atoms with E-state index in [1.807, 2.05) is 0 Å². The molecule has 0 amide bonds. The molecule has 13 heavy (non-hydrogen) atoms. The van der Waals surface area contributed by atoms with Crippen LogP contribution in [0.2, 0.25) is 0 Å². The Labute approximate surface area is 81.9 Å². The SMILES string of the molecule is CCOP(=O)(OCC)OC(F)CCl. The summed E-state index contributed by atoms with van der Waals surface area (Å²) in [4.78, 5) is 0. The number of hydrogen-bond donors (Lipinski definition) is 0. The molecule has 0 saturated carbocycles. The summed E-state index contributed by atoms with van der Waals surface area (Å²) in [5.41, 5.74) is 0. The normalized spacial score (nSPS) is 14.5. The van der Waals surface area contributed by atoms with Gasteiger partial charge in [-0.25, -0.2) is 8.96 Å². The summed E-state index contributed by atoms with van der Waals surface area (Å²) >= 11 is 5.13. The zero-order valence-electron chi connectivity index (χ0n) is 7.53. The van der Waals surface area contributed by atoms with Gasteiger partial charge in [0, 0.05) is 0 Å². The number of halogens is 2. The van der Waals surface area contributed by atoms with E-state index in [1.54, 1.807) is 13.8 Å². The predicted molar refractivity (Wildman–Crippen MR) is 47.6 cm³/mol. The van der Waals surface area contributed by atoms with Crippen LogP contribution in [-0.2, 0) is 18.1 Å². The van der Waals surface area contributed by atoms with Crippen LogP contribution in [0.15, 0.2) is 0 Å². The van der Waals surface area contributed by atoms with E-state index < -0.39 is 20.1 Å². The molecule has 0 aromatic heterocycles. The van der Waals surface area contributed by atoms with Gasteiger partial charge in [-0.05, 0) is 13.8 Å². The second-order valence-corrected chi connectivity index (χ2v) is 3.88. The van der Waals surface area contributed by atoms with E-state index in [1.165, 1.54) is 0 Å². The molecule has 0 rings (SSSR count). The minimum atomic E-state index is -3.75. The lowest BCUT2D eigenvalue weighted by Crippen LogP contribution is -2.09. The average molecular weight is 235 g/mol. The third-order valence-electron chi connectivity index (χ3n) is 0.939. The van der Waals surface area contributed by atoms with Crippen molar-refractivity contribution >= 4 is 19.4 Å². The van der Waals surface area contributed by atoms with Gasteiger partial charge in [0.1, 0.15) is 0 Å². The number of phosphoric acid groups is 1. The van der Waals surface area contributed by atoms with Crippen LogP contribution in [0.3, 0.4) is 0 Å². The fourth-order valence-corrected chi connectivity index (χ4v) is 1.92. The van der Waals surface area contributed by atoms with Crippen molar-refractivity contribution in [2.45, 2.75) is 20.2 Å². The Hall–Kier alpha value is 0.330. The molecule has 0 heterocycles. The quantitative estimate of drug-likeness (QED) is 0.502. The second kappa shape index (κ2) is 6.74. The molecule has 0 fully saturated rings. The van der Waals surface area contributed by atoms with Crippen LogP contribution in [0.4, 0.5) is 4.39 Å². The van der Waals surface area contributed by atoms with Crippen LogP contribution in [0, 0.1) is 0 Å². The molecule has 0 aliphatic heterocycles. The molecule has 4 nitrogen and oxygen atoms in total. The zero-order valence-corrected chi connectivity index (χ0v) is 9.19. The molecule has 1 atom stereocenters. The lowest BCUT2D eigenvalue weighted by atomic mass is 10.8. The van der Waals surface area contributed by atoms with E-state index in [4.69, 9.17) is 11.6 Å². The van der Waals surface area contributed by atoms with Crippen LogP contribution in [0.25, 0.3) is 0 Å². The van der Waals surface area contributed by atoms with Gasteiger partial charge in [-0.1, -0.05) is 0 Å². The van der Waals surface area contributed by atoms with Gasteiger partial charge in [-0.15, -0.1) is 11.6 Å². The van der Waals surface area contributed by atoms with Gasteiger partial charge in [-0.2, -0.15) is 0 Å². The highest BCUT2D eigenvalue weighted by Gasteiger charge is 2.29. The van der Waals surface area contributed by atoms with Gasteiger partial charge in [0.05, 0.1) is 19.1 Å². The Bertz CT molecular complexity index is 170. The van der Waals surface area contributed by atoms with E-state index in [2.05, 4.69) is 13.6 Å². The number of rotatable bonds is 7. The molecule has 0 bridgehead atoms. The molecule has 0 aromatic carbocycles. The summed E-state index contributed by atoms with van der Waals surface area (Å²) in [5.74, 6) is -0.413. The highest BCUT2D eigenvalue weighted by Crippen LogP contribution is 2.50. The monoisotopic (exact) mass is 234 g/mol. The third-order valence-corrected chi connectivity index (χ3v) is 2.82. The van der Waals surface area contributed by atoms with Gasteiger partial charge in [0.2, 0.25) is 6.36 Å². The van der Waals surface area contributed by atoms with Gasteiger partial charge in [-0.3, -0.25) is 13.6 Å². The van der Waals surface area contributed by atoms with Crippen LogP contribution in [0.1, 0.15) is 13.8 Å². The summed E-state index contributed by atoms with van der Waals surface area (Å²) in [5, 5.41) is 0. The van der Waals surface area contributed by atoms with E-state index in [-0.39, 0.29) is 13.2 Å². The maximum Gasteiger partial charge on any atom is 0.477 e. The smallest absolute Gasteiger partial charge is 0.287 e. The average Bonchev–Trinajstić information content (AvgIpc) is 2.04. The summed E-state index contributed by atoms with van der Waals surface area (Å²) < 4.78 is 37.7. The lowest BCUT2D eigenvalue weighted by Gasteiger charge is -2.17. The number of alkyl halides is 2. The fourth-order valence-electron chi connectivity index (χ4n) is 0.583. The highest BCUT2D eigenvalue weighted by molar-refractivity contribution is 7.48. The lowest BCUT2D eigenvalue weighted by molar-refractivity contribution is 0.0283. The van der Waals surface area contributed by atoms with Gasteiger partial charge >= 0.3 is 7.82 Å². The summed E-state index contributed by atoms with van der Waals surface area (Å²) in [6.07, 6.45) is -1.84. The predicted octanol–water partition coefficient (Wildman–Crippen LogP) is 2.72. The van der Waals surface area contributed by atoms with E-state index >= 15 is 0 Å². The van der Waals surface area contributed by atoms with E-state index in [9.17, 15) is 8.96 Å². The van der Waals surface area contributed by atoms with E-state index in [0.717, 1.165) is 0 Å². The van der Waals surface area contributed by atoms with Crippen molar-refractivity contribution in [1.29, 1.82) is 0 Å². The molecule has 0 aromatic rings. The van der Waals surface area contributed by atoms with Gasteiger partial charge < -0.3 is 0 Å². The zero-order chi connectivity index (χ0) is 10.3. The Kier molecular flexibility index (Phi) is 6.91. The topological polar surface area (TPSA) is 44.8 Å². The first-order chi connectivity index (χ1) is 6.08. The van der Waals surface area contributed by atoms with Gasteiger partial charge in [0.25, 0.3) is 0 Å². The van der Waals surface area contributed by atoms with Crippen molar-refractivity contribution in [1.82, 2.24) is 0 Å². The summed E-state index contributed by atoms with van der Waals surface area (Å²) in [6.45, 7) is 3.44. The molecular weight excluding hydrogens is 221 g/mol. The standard InChI is InChI=1S/C6H13ClFO4P/c1-3-10-13(9,11-4-2)12-6(8)5-7/h6H,3-5H2,1-2H3. The molecular formula is C6H13ClFO4P. The largest absolute Gasteiger partial charge is 0.477 e. The van der Waals surface area contributed by atoms with Crippen molar-refractivity contribution in [3.63, 3.8) is 0 Å². The van der Waals surface area contributed by atoms with Crippen LogP contribution in [-0.4, -0.2) is 25.5 Å². The van der Waals surface area contributed by atoms with Crippen molar-refractivity contribution in [2.24, 2.45) is 0 Å². The Balaban J connectivity index is 4.14. The Morgan fingerprint density at radius 1 is 1.38 bits per heavy atom. The first-order valence-electron chi connectivity index (χ1n) is 3.85. The molecule has 0 radical (unpaired) electrons. The van der Waals surface area contributed by atoms with Crippen LogP contribution >= 0.6 is 19.4 Å². The van der Waals surface area contributed by atoms with Gasteiger partial charge in [0.15, 0.2) is 0 Å². The second-order valence-electron chi connectivity index (χ2n) is 1.95. The molecule has 1 unspecified atom stereocenters. The fraction of sp³-hybridized carbons (Fsp3) is 1.00. The molecule has 7 heteroatoms. The number of phosphoric ester groups is 1.